The Morgan fingerprint density at radius 2 is 1.59 bits per heavy atom. The zero-order valence-corrected chi connectivity index (χ0v) is 19.4. The molecule has 0 radical (unpaired) electrons. The number of carbonyl (C=O) groups excluding carboxylic acids is 2. The maximum Gasteiger partial charge on any atom is 0.255 e. The number of nitrogens with one attached hydrogen (secondary N) is 1. The zero-order chi connectivity index (χ0) is 22.8. The van der Waals surface area contributed by atoms with E-state index in [-0.39, 0.29) is 11.8 Å². The molecule has 1 aliphatic rings. The van der Waals surface area contributed by atoms with Crippen molar-refractivity contribution >= 4 is 17.5 Å². The van der Waals surface area contributed by atoms with Crippen LogP contribution < -0.4 is 10.1 Å². The first-order chi connectivity index (χ1) is 15.6. The van der Waals surface area contributed by atoms with E-state index < -0.39 is 0 Å². The average molecular weight is 437 g/mol. The molecule has 0 saturated heterocycles. The third kappa shape index (κ3) is 7.11. The average Bonchev–Trinajstić information content (AvgIpc) is 2.83. The third-order valence-corrected chi connectivity index (χ3v) is 6.13. The zero-order valence-electron chi connectivity index (χ0n) is 19.4. The SMILES string of the molecule is CCCCCOc1ccc(C(=O)Nc2ccc(C(=O)N(C)CC3CCCCC3)cc2)cc1. The van der Waals surface area contributed by atoms with E-state index in [1.165, 1.54) is 32.1 Å². The van der Waals surface area contributed by atoms with Gasteiger partial charge >= 0.3 is 0 Å². The summed E-state index contributed by atoms with van der Waals surface area (Å²) in [4.78, 5) is 27.1. The number of hydrogen-bond acceptors (Lipinski definition) is 3. The van der Waals surface area contributed by atoms with Gasteiger partial charge in [0.05, 0.1) is 6.61 Å². The molecule has 3 rings (SSSR count). The fourth-order valence-corrected chi connectivity index (χ4v) is 4.20. The fraction of sp³-hybridized carbons (Fsp3) is 0.481. The molecule has 2 aromatic carbocycles. The Labute approximate surface area is 192 Å². The van der Waals surface area contributed by atoms with Crippen LogP contribution in [0.15, 0.2) is 48.5 Å². The highest BCUT2D eigenvalue weighted by Crippen LogP contribution is 2.24. The van der Waals surface area contributed by atoms with E-state index in [2.05, 4.69) is 12.2 Å². The molecule has 0 aliphatic heterocycles. The topological polar surface area (TPSA) is 58.6 Å². The van der Waals surface area contributed by atoms with Crippen LogP contribution in [0.25, 0.3) is 0 Å². The highest BCUT2D eigenvalue weighted by atomic mass is 16.5. The maximum atomic E-state index is 12.7. The van der Waals surface area contributed by atoms with E-state index >= 15 is 0 Å². The van der Waals surface area contributed by atoms with Crippen molar-refractivity contribution in [3.05, 3.63) is 59.7 Å². The summed E-state index contributed by atoms with van der Waals surface area (Å²) in [6.07, 6.45) is 9.65. The molecule has 0 bridgehead atoms. The molecule has 0 heterocycles. The molecular formula is C27H36N2O3. The molecule has 1 fully saturated rings. The van der Waals surface area contributed by atoms with Gasteiger partial charge in [-0.15, -0.1) is 0 Å². The standard InChI is InChI=1S/C27H36N2O3/c1-3-4-8-19-32-25-17-13-22(14-18-25)26(30)28-24-15-11-23(12-16-24)27(31)29(2)20-21-9-6-5-7-10-21/h11-18,21H,3-10,19-20H2,1-2H3,(H,28,30). The first-order valence-corrected chi connectivity index (χ1v) is 12.0. The Morgan fingerprint density at radius 3 is 2.25 bits per heavy atom. The fourth-order valence-electron chi connectivity index (χ4n) is 4.20. The van der Waals surface area contributed by atoms with Gasteiger partial charge in [0.25, 0.3) is 11.8 Å². The van der Waals surface area contributed by atoms with Crippen molar-refractivity contribution in [2.75, 3.05) is 25.5 Å². The van der Waals surface area contributed by atoms with E-state index in [4.69, 9.17) is 4.74 Å². The lowest BCUT2D eigenvalue weighted by Crippen LogP contribution is -2.32. The van der Waals surface area contributed by atoms with Gasteiger partial charge in [-0.1, -0.05) is 39.0 Å². The minimum atomic E-state index is -0.184. The summed E-state index contributed by atoms with van der Waals surface area (Å²) in [6, 6.07) is 14.3. The van der Waals surface area contributed by atoms with E-state index in [1.54, 1.807) is 36.4 Å². The van der Waals surface area contributed by atoms with Gasteiger partial charge in [-0.2, -0.15) is 0 Å². The number of hydrogen-bond donors (Lipinski definition) is 1. The first-order valence-electron chi connectivity index (χ1n) is 12.0. The summed E-state index contributed by atoms with van der Waals surface area (Å²) >= 11 is 0. The number of rotatable bonds is 10. The Balaban J connectivity index is 1.50. The van der Waals surface area contributed by atoms with Crippen LogP contribution in [0.5, 0.6) is 5.75 Å². The van der Waals surface area contributed by atoms with Crippen LogP contribution >= 0.6 is 0 Å². The number of amides is 2. The molecular weight excluding hydrogens is 400 g/mol. The van der Waals surface area contributed by atoms with Crippen molar-refractivity contribution in [1.29, 1.82) is 0 Å². The highest BCUT2D eigenvalue weighted by molar-refractivity contribution is 6.04. The lowest BCUT2D eigenvalue weighted by molar-refractivity contribution is 0.0760. The van der Waals surface area contributed by atoms with E-state index in [0.29, 0.717) is 29.3 Å². The Morgan fingerprint density at radius 1 is 0.938 bits per heavy atom. The molecule has 0 spiro atoms. The number of anilines is 1. The Bertz CT molecular complexity index is 855. The van der Waals surface area contributed by atoms with Gasteiger partial charge in [0.2, 0.25) is 0 Å². The van der Waals surface area contributed by atoms with Gasteiger partial charge in [0.15, 0.2) is 0 Å². The van der Waals surface area contributed by atoms with E-state index in [9.17, 15) is 9.59 Å². The van der Waals surface area contributed by atoms with Crippen LogP contribution in [0.3, 0.4) is 0 Å². The molecule has 0 atom stereocenters. The number of benzene rings is 2. The van der Waals surface area contributed by atoms with Crippen LogP contribution in [0.4, 0.5) is 5.69 Å². The monoisotopic (exact) mass is 436 g/mol. The normalized spacial score (nSPS) is 14.1. The first kappa shape index (κ1) is 23.8. The molecule has 5 heteroatoms. The molecule has 0 aromatic heterocycles. The van der Waals surface area contributed by atoms with E-state index in [1.807, 2.05) is 24.1 Å². The highest BCUT2D eigenvalue weighted by Gasteiger charge is 2.19. The molecule has 1 aliphatic carbocycles. The Hall–Kier alpha value is -2.82. The summed E-state index contributed by atoms with van der Waals surface area (Å²) in [7, 11) is 1.88. The summed E-state index contributed by atoms with van der Waals surface area (Å²) in [6.45, 7) is 3.67. The lowest BCUT2D eigenvalue weighted by atomic mass is 9.89. The summed E-state index contributed by atoms with van der Waals surface area (Å²) < 4.78 is 5.70. The molecule has 1 N–H and O–H groups in total. The minimum Gasteiger partial charge on any atom is -0.494 e. The lowest BCUT2D eigenvalue weighted by Gasteiger charge is -2.27. The van der Waals surface area contributed by atoms with Gasteiger partial charge in [-0.3, -0.25) is 9.59 Å². The van der Waals surface area contributed by atoms with Gasteiger partial charge in [-0.05, 0) is 73.7 Å². The largest absolute Gasteiger partial charge is 0.494 e. The van der Waals surface area contributed by atoms with Crippen LogP contribution in [0.1, 0.15) is 79.0 Å². The van der Waals surface area contributed by atoms with E-state index in [0.717, 1.165) is 31.6 Å². The summed E-state index contributed by atoms with van der Waals surface area (Å²) in [5.41, 5.74) is 1.88. The van der Waals surface area contributed by atoms with Crippen molar-refractivity contribution in [2.24, 2.45) is 5.92 Å². The molecule has 0 unspecified atom stereocenters. The van der Waals surface area contributed by atoms with Crippen LogP contribution in [-0.2, 0) is 0 Å². The van der Waals surface area contributed by atoms with Gasteiger partial charge in [0.1, 0.15) is 5.75 Å². The smallest absolute Gasteiger partial charge is 0.255 e. The second-order valence-electron chi connectivity index (χ2n) is 8.80. The van der Waals surface area contributed by atoms with Crippen LogP contribution in [-0.4, -0.2) is 36.9 Å². The Kier molecular flexibility index (Phi) is 9.14. The van der Waals surface area contributed by atoms with Gasteiger partial charge < -0.3 is 15.0 Å². The van der Waals surface area contributed by atoms with Crippen molar-refractivity contribution in [3.8, 4) is 5.75 Å². The van der Waals surface area contributed by atoms with Gasteiger partial charge in [0, 0.05) is 30.4 Å². The van der Waals surface area contributed by atoms with Crippen molar-refractivity contribution in [2.45, 2.75) is 58.3 Å². The molecule has 1 saturated carbocycles. The van der Waals surface area contributed by atoms with Crippen molar-refractivity contribution in [3.63, 3.8) is 0 Å². The number of carbonyl (C=O) groups is 2. The second kappa shape index (κ2) is 12.3. The number of ether oxygens (including phenoxy) is 1. The minimum absolute atomic E-state index is 0.0305. The van der Waals surface area contributed by atoms with Gasteiger partial charge in [-0.25, -0.2) is 0 Å². The van der Waals surface area contributed by atoms with Crippen LogP contribution in [0, 0.1) is 5.92 Å². The van der Waals surface area contributed by atoms with Crippen molar-refractivity contribution < 1.29 is 14.3 Å². The molecule has 2 amide bonds. The molecule has 172 valence electrons. The second-order valence-corrected chi connectivity index (χ2v) is 8.80. The molecule has 32 heavy (non-hydrogen) atoms. The predicted molar refractivity (Wildman–Crippen MR) is 129 cm³/mol. The molecule has 2 aromatic rings. The summed E-state index contributed by atoms with van der Waals surface area (Å²) in [5, 5.41) is 2.89. The van der Waals surface area contributed by atoms with Crippen LogP contribution in [0.2, 0.25) is 0 Å². The number of nitrogens with zero attached hydrogens (tertiary/aromatic N) is 1. The molecule has 5 nitrogen and oxygen atoms in total. The summed E-state index contributed by atoms with van der Waals surface area (Å²) in [5.74, 6) is 1.24. The number of unbranched alkanes of at least 4 members (excludes halogenated alkanes) is 2. The van der Waals surface area contributed by atoms with Crippen molar-refractivity contribution in [1.82, 2.24) is 4.90 Å². The third-order valence-electron chi connectivity index (χ3n) is 6.13. The maximum absolute atomic E-state index is 12.7. The predicted octanol–water partition coefficient (Wildman–Crippen LogP) is 6.16. The quantitative estimate of drug-likeness (QED) is 0.454.